The van der Waals surface area contributed by atoms with Crippen molar-refractivity contribution in [2.24, 2.45) is 0 Å². The largest absolute Gasteiger partial charge is 0.384 e. The molecule has 126 valence electrons. The van der Waals surface area contributed by atoms with Gasteiger partial charge in [-0.2, -0.15) is 0 Å². The first-order chi connectivity index (χ1) is 11.0. The van der Waals surface area contributed by atoms with Crippen molar-refractivity contribution < 1.29 is 27.5 Å². The summed E-state index contributed by atoms with van der Waals surface area (Å²) in [6.07, 6.45) is 0.252. The second kappa shape index (κ2) is 7.45. The van der Waals surface area contributed by atoms with Crippen molar-refractivity contribution in [2.45, 2.75) is 6.42 Å². The first kappa shape index (κ1) is 17.3. The summed E-state index contributed by atoms with van der Waals surface area (Å²) in [5, 5.41) is 0. The summed E-state index contributed by atoms with van der Waals surface area (Å²) in [7, 11) is 1.50. The zero-order chi connectivity index (χ0) is 17.0. The summed E-state index contributed by atoms with van der Waals surface area (Å²) in [5.41, 5.74) is -0.511. The monoisotopic (exact) mass is 330 g/mol. The maximum absolute atomic E-state index is 13.7. The van der Waals surface area contributed by atoms with Crippen LogP contribution in [0.25, 0.3) is 0 Å². The van der Waals surface area contributed by atoms with Gasteiger partial charge in [-0.1, -0.05) is 0 Å². The molecule has 1 heterocycles. The van der Waals surface area contributed by atoms with Gasteiger partial charge in [0.05, 0.1) is 18.6 Å². The first-order valence-corrected chi connectivity index (χ1v) is 7.15. The number of hydrogen-bond donors (Lipinski definition) is 0. The van der Waals surface area contributed by atoms with Crippen LogP contribution in [-0.2, 0) is 9.53 Å². The summed E-state index contributed by atoms with van der Waals surface area (Å²) in [4.78, 5) is 26.9. The van der Waals surface area contributed by atoms with E-state index in [4.69, 9.17) is 4.74 Å². The Labute approximate surface area is 131 Å². The lowest BCUT2D eigenvalue weighted by Gasteiger charge is -2.35. The number of hydrogen-bond acceptors (Lipinski definition) is 3. The molecule has 0 unspecified atom stereocenters. The number of halogens is 3. The summed E-state index contributed by atoms with van der Waals surface area (Å²) < 4.78 is 44.6. The van der Waals surface area contributed by atoms with Gasteiger partial charge in [-0.15, -0.1) is 0 Å². The SMILES string of the molecule is COCCC(=O)N1CCN(C(=O)c2ccc(F)c(F)c2F)CC1. The molecular weight excluding hydrogens is 313 g/mol. The lowest BCUT2D eigenvalue weighted by Crippen LogP contribution is -2.50. The molecule has 0 bridgehead atoms. The molecule has 1 aliphatic heterocycles. The highest BCUT2D eigenvalue weighted by Gasteiger charge is 2.27. The first-order valence-electron chi connectivity index (χ1n) is 7.15. The Hall–Kier alpha value is -2.09. The van der Waals surface area contributed by atoms with Crippen LogP contribution in [0, 0.1) is 17.5 Å². The number of benzene rings is 1. The van der Waals surface area contributed by atoms with Crippen LogP contribution < -0.4 is 0 Å². The quantitative estimate of drug-likeness (QED) is 0.785. The molecule has 0 aromatic heterocycles. The molecule has 2 amide bonds. The van der Waals surface area contributed by atoms with E-state index in [1.807, 2.05) is 0 Å². The lowest BCUT2D eigenvalue weighted by atomic mass is 10.1. The topological polar surface area (TPSA) is 49.9 Å². The molecule has 0 spiro atoms. The molecule has 1 fully saturated rings. The summed E-state index contributed by atoms with van der Waals surface area (Å²) in [5.74, 6) is -5.30. The molecule has 2 rings (SSSR count). The molecule has 8 heteroatoms. The number of ether oxygens (including phenoxy) is 1. The molecule has 0 aliphatic carbocycles. The van der Waals surface area contributed by atoms with E-state index in [0.29, 0.717) is 19.7 Å². The Balaban J connectivity index is 1.99. The van der Waals surface area contributed by atoms with Crippen LogP contribution in [-0.4, -0.2) is 61.5 Å². The highest BCUT2D eigenvalue weighted by molar-refractivity contribution is 5.94. The van der Waals surface area contributed by atoms with E-state index >= 15 is 0 Å². The van der Waals surface area contributed by atoms with Crippen LogP contribution >= 0.6 is 0 Å². The third-order valence-electron chi connectivity index (χ3n) is 3.71. The normalized spacial score (nSPS) is 15.0. The van der Waals surface area contributed by atoms with Crippen LogP contribution in [0.4, 0.5) is 13.2 Å². The number of methoxy groups -OCH3 is 1. The zero-order valence-corrected chi connectivity index (χ0v) is 12.7. The van der Waals surface area contributed by atoms with Gasteiger partial charge in [0.1, 0.15) is 0 Å². The minimum Gasteiger partial charge on any atom is -0.384 e. The Kier molecular flexibility index (Phi) is 5.59. The van der Waals surface area contributed by atoms with E-state index in [0.717, 1.165) is 12.1 Å². The van der Waals surface area contributed by atoms with Gasteiger partial charge in [-0.25, -0.2) is 13.2 Å². The van der Waals surface area contributed by atoms with Crippen LogP contribution in [0.2, 0.25) is 0 Å². The number of piperazine rings is 1. The molecular formula is C15H17F3N2O3. The molecule has 0 saturated carbocycles. The zero-order valence-electron chi connectivity index (χ0n) is 12.7. The molecule has 23 heavy (non-hydrogen) atoms. The second-order valence-electron chi connectivity index (χ2n) is 5.14. The van der Waals surface area contributed by atoms with Gasteiger partial charge in [0.2, 0.25) is 5.91 Å². The molecule has 1 saturated heterocycles. The standard InChI is InChI=1S/C15H17F3N2O3/c1-23-9-4-12(21)19-5-7-20(8-6-19)15(22)10-2-3-11(16)14(18)13(10)17/h2-3H,4-9H2,1H3. The van der Waals surface area contributed by atoms with E-state index in [-0.39, 0.29) is 25.4 Å². The molecule has 0 radical (unpaired) electrons. The Morgan fingerprint density at radius 3 is 2.26 bits per heavy atom. The summed E-state index contributed by atoms with van der Waals surface area (Å²) in [6, 6.07) is 1.64. The fourth-order valence-corrected chi connectivity index (χ4v) is 2.37. The third-order valence-corrected chi connectivity index (χ3v) is 3.71. The number of nitrogens with zero attached hydrogens (tertiary/aromatic N) is 2. The number of amides is 2. The van der Waals surface area contributed by atoms with Gasteiger partial charge in [0.15, 0.2) is 17.5 Å². The maximum Gasteiger partial charge on any atom is 0.257 e. The van der Waals surface area contributed by atoms with Crippen molar-refractivity contribution in [1.29, 1.82) is 0 Å². The van der Waals surface area contributed by atoms with E-state index < -0.39 is 28.9 Å². The van der Waals surface area contributed by atoms with Gasteiger partial charge in [-0.05, 0) is 12.1 Å². The smallest absolute Gasteiger partial charge is 0.257 e. The van der Waals surface area contributed by atoms with Gasteiger partial charge < -0.3 is 14.5 Å². The van der Waals surface area contributed by atoms with Gasteiger partial charge in [-0.3, -0.25) is 9.59 Å². The molecule has 1 aliphatic rings. The van der Waals surface area contributed by atoms with Crippen LogP contribution in [0.5, 0.6) is 0 Å². The predicted octanol–water partition coefficient (Wildman–Crippen LogP) is 1.42. The summed E-state index contributed by atoms with van der Waals surface area (Å²) in [6.45, 7) is 1.34. The fourth-order valence-electron chi connectivity index (χ4n) is 2.37. The van der Waals surface area contributed by atoms with Gasteiger partial charge in [0, 0.05) is 33.3 Å². The van der Waals surface area contributed by atoms with E-state index in [1.54, 1.807) is 4.90 Å². The molecule has 0 atom stereocenters. The van der Waals surface area contributed by atoms with Gasteiger partial charge >= 0.3 is 0 Å². The van der Waals surface area contributed by atoms with Crippen LogP contribution in [0.1, 0.15) is 16.8 Å². The lowest BCUT2D eigenvalue weighted by molar-refractivity contribution is -0.133. The average molecular weight is 330 g/mol. The van der Waals surface area contributed by atoms with Crippen molar-refractivity contribution in [2.75, 3.05) is 39.9 Å². The Bertz CT molecular complexity index is 602. The van der Waals surface area contributed by atoms with Crippen LogP contribution in [0.3, 0.4) is 0 Å². The Morgan fingerprint density at radius 2 is 1.65 bits per heavy atom. The highest BCUT2D eigenvalue weighted by atomic mass is 19.2. The Morgan fingerprint density at radius 1 is 1.04 bits per heavy atom. The van der Waals surface area contributed by atoms with E-state index in [1.165, 1.54) is 12.0 Å². The van der Waals surface area contributed by atoms with E-state index in [2.05, 4.69) is 0 Å². The number of rotatable bonds is 4. The predicted molar refractivity (Wildman–Crippen MR) is 75.3 cm³/mol. The maximum atomic E-state index is 13.7. The van der Waals surface area contributed by atoms with E-state index in [9.17, 15) is 22.8 Å². The van der Waals surface area contributed by atoms with Crippen molar-refractivity contribution in [3.8, 4) is 0 Å². The average Bonchev–Trinajstić information content (AvgIpc) is 2.57. The minimum absolute atomic E-state index is 0.0852. The van der Waals surface area contributed by atoms with Crippen molar-refractivity contribution >= 4 is 11.8 Å². The third kappa shape index (κ3) is 3.82. The van der Waals surface area contributed by atoms with Gasteiger partial charge in [0.25, 0.3) is 5.91 Å². The molecule has 1 aromatic carbocycles. The second-order valence-corrected chi connectivity index (χ2v) is 5.14. The molecule has 5 nitrogen and oxygen atoms in total. The summed E-state index contributed by atoms with van der Waals surface area (Å²) >= 11 is 0. The minimum atomic E-state index is -1.66. The van der Waals surface area contributed by atoms with Crippen molar-refractivity contribution in [3.63, 3.8) is 0 Å². The van der Waals surface area contributed by atoms with Crippen LogP contribution in [0.15, 0.2) is 12.1 Å². The van der Waals surface area contributed by atoms with Crippen molar-refractivity contribution in [1.82, 2.24) is 9.80 Å². The fraction of sp³-hybridized carbons (Fsp3) is 0.467. The highest BCUT2D eigenvalue weighted by Crippen LogP contribution is 2.18. The number of carbonyl (C=O) groups excluding carboxylic acids is 2. The number of carbonyl (C=O) groups is 2. The van der Waals surface area contributed by atoms with Crippen molar-refractivity contribution in [3.05, 3.63) is 35.1 Å². The molecule has 0 N–H and O–H groups in total. The molecule has 1 aromatic rings.